The van der Waals surface area contributed by atoms with E-state index in [9.17, 15) is 0 Å². The van der Waals surface area contributed by atoms with Crippen LogP contribution in [0.2, 0.25) is 0 Å². The molecule has 0 aromatic rings. The molecule has 1 heteroatoms. The summed E-state index contributed by atoms with van der Waals surface area (Å²) in [5.41, 5.74) is 0. The van der Waals surface area contributed by atoms with Crippen LogP contribution in [0.1, 0.15) is 13.8 Å². The lowest BCUT2D eigenvalue weighted by Gasteiger charge is -1.62. The van der Waals surface area contributed by atoms with Crippen LogP contribution in [0.5, 0.6) is 0 Å². The highest BCUT2D eigenvalue weighted by molar-refractivity contribution is 4.98. The van der Waals surface area contributed by atoms with Crippen molar-refractivity contribution in [3.63, 3.8) is 0 Å². The van der Waals surface area contributed by atoms with Crippen molar-refractivity contribution in [1.82, 2.24) is 0 Å². The van der Waals surface area contributed by atoms with Gasteiger partial charge < -0.3 is 4.85 Å². The van der Waals surface area contributed by atoms with E-state index in [-0.39, 0.29) is 0 Å². The molecule has 0 aliphatic rings. The summed E-state index contributed by atoms with van der Waals surface area (Å²) in [7, 11) is 1.42. The predicted octanol–water partition coefficient (Wildman–Crippen LogP) is 2.67. The van der Waals surface area contributed by atoms with Gasteiger partial charge in [-0.2, -0.15) is 0 Å². The monoisotopic (exact) mass is 123 g/mol. The highest BCUT2D eigenvalue weighted by Gasteiger charge is 1.48. The van der Waals surface area contributed by atoms with Crippen molar-refractivity contribution in [3.8, 4) is 0 Å². The first-order valence-corrected chi connectivity index (χ1v) is 2.83. The second kappa shape index (κ2) is 15.8. The van der Waals surface area contributed by atoms with E-state index in [0.29, 0.717) is 0 Å². The van der Waals surface area contributed by atoms with Crippen LogP contribution in [0.4, 0.5) is 0 Å². The minimum atomic E-state index is 1.42. The Morgan fingerprint density at radius 3 is 1.44 bits per heavy atom. The van der Waals surface area contributed by atoms with Gasteiger partial charge in [0.25, 0.3) is 0 Å². The molecule has 0 N–H and O–H groups in total. The molecule has 0 radical (unpaired) electrons. The summed E-state index contributed by atoms with van der Waals surface area (Å²) in [6.45, 7) is 9.83. The maximum Gasteiger partial charge on any atom is 0.205 e. The Hall–Kier alpha value is -1.03. The third kappa shape index (κ3) is 44.4. The Labute approximate surface area is 57.5 Å². The number of nitrogens with zero attached hydrogens (tertiary/aromatic N) is 1. The quantitative estimate of drug-likeness (QED) is 0.373. The molecule has 0 spiro atoms. The van der Waals surface area contributed by atoms with Gasteiger partial charge in [0, 0.05) is 0 Å². The lowest BCUT2D eigenvalue weighted by atomic mass is 10.5. The predicted molar refractivity (Wildman–Crippen MR) is 42.2 cm³/mol. The molecule has 0 unspecified atom stereocenters. The van der Waals surface area contributed by atoms with Gasteiger partial charge in [-0.1, -0.05) is 24.3 Å². The zero-order valence-corrected chi connectivity index (χ0v) is 6.26. The fourth-order valence-corrected chi connectivity index (χ4v) is 0.222. The van der Waals surface area contributed by atoms with Gasteiger partial charge in [0.2, 0.25) is 7.05 Å². The first-order valence-electron chi connectivity index (χ1n) is 2.83. The van der Waals surface area contributed by atoms with Gasteiger partial charge in [0.1, 0.15) is 0 Å². The smallest absolute Gasteiger partial charge is 0.205 e. The molecule has 0 atom stereocenters. The van der Waals surface area contributed by atoms with Crippen molar-refractivity contribution in [3.05, 3.63) is 35.7 Å². The molecule has 0 aliphatic heterocycles. The van der Waals surface area contributed by atoms with Gasteiger partial charge in [-0.3, -0.25) is 0 Å². The normalized spacial score (nSPS) is 8.67. The molecule has 0 aliphatic carbocycles. The van der Waals surface area contributed by atoms with Crippen LogP contribution in [-0.2, 0) is 0 Å². The fourth-order valence-electron chi connectivity index (χ4n) is 0.222. The molecule has 0 aromatic heterocycles. The Bertz CT molecular complexity index is 105. The Morgan fingerprint density at radius 2 is 1.33 bits per heavy atom. The molecular formula is C8H13N. The van der Waals surface area contributed by atoms with E-state index in [1.54, 1.807) is 0 Å². The Kier molecular flexibility index (Phi) is 19.0. The van der Waals surface area contributed by atoms with Crippen LogP contribution in [-0.4, -0.2) is 7.05 Å². The van der Waals surface area contributed by atoms with E-state index in [1.807, 2.05) is 38.2 Å². The zero-order chi connectivity index (χ0) is 7.54. The van der Waals surface area contributed by atoms with E-state index in [2.05, 4.69) is 4.85 Å². The van der Waals surface area contributed by atoms with Crippen LogP contribution < -0.4 is 0 Å². The first kappa shape index (κ1) is 10.9. The minimum absolute atomic E-state index is 1.42. The Morgan fingerprint density at radius 1 is 1.11 bits per heavy atom. The van der Waals surface area contributed by atoms with E-state index in [1.165, 1.54) is 7.05 Å². The standard InChI is InChI=1S/C6H10.C2H3N/c1-3-5-6-4-2;1-3-2/h3-6H,1-2H3;1H3/b5-3-,6-4-;. The molecule has 0 saturated heterocycles. The Balaban J connectivity index is 0. The van der Waals surface area contributed by atoms with Gasteiger partial charge in [-0.25, -0.2) is 6.57 Å². The van der Waals surface area contributed by atoms with Gasteiger partial charge in [-0.05, 0) is 13.8 Å². The number of hydrogen-bond donors (Lipinski definition) is 0. The SMILES string of the molecule is C/C=C\C=C/C.[C-]#[N+]C. The van der Waals surface area contributed by atoms with Crippen LogP contribution in [0.15, 0.2) is 24.3 Å². The molecular weight excluding hydrogens is 110 g/mol. The number of hydrogen-bond acceptors (Lipinski definition) is 0. The van der Waals surface area contributed by atoms with Crippen molar-refractivity contribution >= 4 is 0 Å². The average molecular weight is 123 g/mol. The van der Waals surface area contributed by atoms with Crippen molar-refractivity contribution in [2.24, 2.45) is 0 Å². The van der Waals surface area contributed by atoms with Crippen molar-refractivity contribution in [1.29, 1.82) is 0 Å². The van der Waals surface area contributed by atoms with Gasteiger partial charge >= 0.3 is 0 Å². The van der Waals surface area contributed by atoms with E-state index in [4.69, 9.17) is 6.57 Å². The molecule has 50 valence electrons. The molecule has 0 fully saturated rings. The van der Waals surface area contributed by atoms with Gasteiger partial charge in [-0.15, -0.1) is 0 Å². The van der Waals surface area contributed by atoms with Gasteiger partial charge in [0.15, 0.2) is 0 Å². The van der Waals surface area contributed by atoms with Crippen LogP contribution in [0, 0.1) is 6.57 Å². The van der Waals surface area contributed by atoms with E-state index < -0.39 is 0 Å². The summed E-state index contributed by atoms with van der Waals surface area (Å²) in [6, 6.07) is 0. The summed E-state index contributed by atoms with van der Waals surface area (Å²) >= 11 is 0. The molecule has 1 nitrogen and oxygen atoms in total. The summed E-state index contributed by atoms with van der Waals surface area (Å²) in [5, 5.41) is 0. The minimum Gasteiger partial charge on any atom is -0.320 e. The molecule has 9 heavy (non-hydrogen) atoms. The van der Waals surface area contributed by atoms with Crippen LogP contribution in [0.3, 0.4) is 0 Å². The van der Waals surface area contributed by atoms with Crippen LogP contribution in [0.25, 0.3) is 4.85 Å². The molecule has 0 saturated carbocycles. The van der Waals surface area contributed by atoms with Crippen LogP contribution >= 0.6 is 0 Å². The van der Waals surface area contributed by atoms with Crippen molar-refractivity contribution in [2.75, 3.05) is 7.05 Å². The number of rotatable bonds is 1. The van der Waals surface area contributed by atoms with Crippen molar-refractivity contribution in [2.45, 2.75) is 13.8 Å². The molecule has 0 bridgehead atoms. The van der Waals surface area contributed by atoms with E-state index in [0.717, 1.165) is 0 Å². The highest BCUT2D eigenvalue weighted by Crippen LogP contribution is 1.71. The number of allylic oxidation sites excluding steroid dienone is 4. The lowest BCUT2D eigenvalue weighted by molar-refractivity contribution is 1.69. The third-order valence-corrected chi connectivity index (χ3v) is 0.496. The topological polar surface area (TPSA) is 4.36 Å². The average Bonchev–Trinajstić information content (AvgIpc) is 1.86. The lowest BCUT2D eigenvalue weighted by Crippen LogP contribution is -1.40. The van der Waals surface area contributed by atoms with Gasteiger partial charge in [0.05, 0.1) is 0 Å². The third-order valence-electron chi connectivity index (χ3n) is 0.496. The first-order chi connectivity index (χ1) is 4.33. The highest BCUT2D eigenvalue weighted by atomic mass is 14.5. The summed E-state index contributed by atoms with van der Waals surface area (Å²) in [4.78, 5) is 2.75. The second-order valence-electron chi connectivity index (χ2n) is 1.28. The largest absolute Gasteiger partial charge is 0.320 e. The summed E-state index contributed by atoms with van der Waals surface area (Å²) < 4.78 is 0. The molecule has 0 heterocycles. The summed E-state index contributed by atoms with van der Waals surface area (Å²) in [6.07, 6.45) is 8.00. The fraction of sp³-hybridized carbons (Fsp3) is 0.375. The maximum absolute atomic E-state index is 5.83. The maximum atomic E-state index is 5.83. The molecule has 0 aromatic carbocycles. The van der Waals surface area contributed by atoms with E-state index >= 15 is 0 Å². The molecule has 0 rings (SSSR count). The zero-order valence-electron chi connectivity index (χ0n) is 6.26. The summed E-state index contributed by atoms with van der Waals surface area (Å²) in [5.74, 6) is 0. The molecule has 0 amide bonds. The second-order valence-corrected chi connectivity index (χ2v) is 1.28. The van der Waals surface area contributed by atoms with Crippen molar-refractivity contribution < 1.29 is 0 Å².